The maximum atomic E-state index is 11.5. The molecule has 0 radical (unpaired) electrons. The predicted octanol–water partition coefficient (Wildman–Crippen LogP) is 0.290. The van der Waals surface area contributed by atoms with Crippen molar-refractivity contribution in [3.8, 4) is 0 Å². The second-order valence-corrected chi connectivity index (χ2v) is 5.25. The van der Waals surface area contributed by atoms with Gasteiger partial charge in [-0.15, -0.1) is 0 Å². The van der Waals surface area contributed by atoms with E-state index >= 15 is 0 Å². The van der Waals surface area contributed by atoms with Crippen LogP contribution < -0.4 is 4.72 Å². The lowest BCUT2D eigenvalue weighted by Crippen LogP contribution is -2.48. The van der Waals surface area contributed by atoms with Gasteiger partial charge in [-0.3, -0.25) is 0 Å². The molecule has 0 saturated carbocycles. The van der Waals surface area contributed by atoms with Crippen molar-refractivity contribution in [1.29, 1.82) is 0 Å². The van der Waals surface area contributed by atoms with Gasteiger partial charge in [-0.25, -0.2) is 14.5 Å². The summed E-state index contributed by atoms with van der Waals surface area (Å²) in [4.78, 5) is 11.3. The van der Waals surface area contributed by atoms with Gasteiger partial charge in [0.1, 0.15) is 0 Å². The number of nitrogens with one attached hydrogen (secondary N) is 1. The molecule has 1 aliphatic heterocycles. The van der Waals surface area contributed by atoms with Crippen LogP contribution >= 0.6 is 0 Å². The number of amides is 2. The fourth-order valence-corrected chi connectivity index (χ4v) is 2.85. The molecule has 0 spiro atoms. The van der Waals surface area contributed by atoms with Crippen LogP contribution in [0.3, 0.4) is 0 Å². The SMILES string of the molecule is CC(C)N1C(=O)NS(=O)(=O)N1C(C)C. The van der Waals surface area contributed by atoms with E-state index < -0.39 is 16.2 Å². The smallest absolute Gasteiger partial charge is 0.246 e. The zero-order valence-corrected chi connectivity index (χ0v) is 9.50. The summed E-state index contributed by atoms with van der Waals surface area (Å²) in [5.74, 6) is 0. The van der Waals surface area contributed by atoms with E-state index in [4.69, 9.17) is 0 Å². The number of urea groups is 1. The van der Waals surface area contributed by atoms with Crippen LogP contribution in [0, 0.1) is 0 Å². The minimum atomic E-state index is -3.67. The van der Waals surface area contributed by atoms with Crippen LogP contribution in [0.2, 0.25) is 0 Å². The zero-order chi connectivity index (χ0) is 11.1. The highest BCUT2D eigenvalue weighted by atomic mass is 32.2. The number of carbonyl (C=O) groups excluding carboxylic acids is 1. The molecule has 0 unspecified atom stereocenters. The van der Waals surface area contributed by atoms with Crippen molar-refractivity contribution in [3.63, 3.8) is 0 Å². The maximum absolute atomic E-state index is 11.5. The van der Waals surface area contributed by atoms with Gasteiger partial charge in [0.15, 0.2) is 0 Å². The Kier molecular flexibility index (Phi) is 2.73. The fourth-order valence-electron chi connectivity index (χ4n) is 1.40. The molecule has 1 saturated heterocycles. The van der Waals surface area contributed by atoms with Gasteiger partial charge in [-0.2, -0.15) is 8.42 Å². The van der Waals surface area contributed by atoms with Crippen molar-refractivity contribution < 1.29 is 13.2 Å². The van der Waals surface area contributed by atoms with Crippen LogP contribution in [0.4, 0.5) is 4.79 Å². The molecular weight excluding hydrogens is 206 g/mol. The molecule has 2 amide bonds. The van der Waals surface area contributed by atoms with E-state index in [1.165, 1.54) is 5.01 Å². The standard InChI is InChI=1S/C7H15N3O3S/c1-5(2)9-7(11)8-14(12,13)10(9)6(3)4/h5-6H,1-4H3,(H,8,11). The number of carbonyl (C=O) groups is 1. The number of hydrazine groups is 1. The van der Waals surface area contributed by atoms with Gasteiger partial charge in [-0.05, 0) is 27.7 Å². The first-order valence-electron chi connectivity index (χ1n) is 4.42. The van der Waals surface area contributed by atoms with E-state index in [1.807, 2.05) is 4.72 Å². The molecule has 0 aliphatic carbocycles. The Morgan fingerprint density at radius 2 is 1.64 bits per heavy atom. The highest BCUT2D eigenvalue weighted by Crippen LogP contribution is 2.19. The fraction of sp³-hybridized carbons (Fsp3) is 0.857. The lowest BCUT2D eigenvalue weighted by molar-refractivity contribution is 0.0615. The van der Waals surface area contributed by atoms with E-state index in [2.05, 4.69) is 0 Å². The number of hydrogen-bond acceptors (Lipinski definition) is 3. The Morgan fingerprint density at radius 1 is 1.14 bits per heavy atom. The highest BCUT2D eigenvalue weighted by molar-refractivity contribution is 7.88. The van der Waals surface area contributed by atoms with Gasteiger partial charge in [0.2, 0.25) is 0 Å². The van der Waals surface area contributed by atoms with Gasteiger partial charge in [0.05, 0.1) is 0 Å². The third kappa shape index (κ3) is 1.69. The molecule has 7 heteroatoms. The Balaban J connectivity index is 3.12. The number of rotatable bonds is 2. The molecule has 0 aromatic heterocycles. The average Bonchev–Trinajstić information content (AvgIpc) is 2.19. The van der Waals surface area contributed by atoms with Crippen LogP contribution in [0.15, 0.2) is 0 Å². The summed E-state index contributed by atoms with van der Waals surface area (Å²) in [6, 6.07) is -1.05. The van der Waals surface area contributed by atoms with E-state index in [0.29, 0.717) is 0 Å². The third-order valence-corrected chi connectivity index (χ3v) is 3.34. The molecule has 0 atom stereocenters. The average molecular weight is 221 g/mol. The lowest BCUT2D eigenvalue weighted by Gasteiger charge is -2.29. The molecule has 0 aromatic carbocycles. The molecule has 0 aromatic rings. The molecule has 82 valence electrons. The molecule has 1 aliphatic rings. The first-order chi connectivity index (χ1) is 6.27. The summed E-state index contributed by atoms with van der Waals surface area (Å²) in [5.41, 5.74) is 0. The van der Waals surface area contributed by atoms with Crippen LogP contribution in [0.1, 0.15) is 27.7 Å². The van der Waals surface area contributed by atoms with Crippen molar-refractivity contribution in [2.75, 3.05) is 0 Å². The van der Waals surface area contributed by atoms with Crippen molar-refractivity contribution in [1.82, 2.24) is 14.1 Å². The van der Waals surface area contributed by atoms with Crippen molar-refractivity contribution in [2.24, 2.45) is 0 Å². The molecule has 6 nitrogen and oxygen atoms in total. The minimum absolute atomic E-state index is 0.185. The van der Waals surface area contributed by atoms with Gasteiger partial charge >= 0.3 is 16.2 Å². The van der Waals surface area contributed by atoms with Crippen LogP contribution in [0.5, 0.6) is 0 Å². The second kappa shape index (κ2) is 3.39. The van der Waals surface area contributed by atoms with Crippen molar-refractivity contribution >= 4 is 16.2 Å². The molecule has 0 bridgehead atoms. The van der Waals surface area contributed by atoms with E-state index in [0.717, 1.165) is 4.41 Å². The molecule has 14 heavy (non-hydrogen) atoms. The first-order valence-corrected chi connectivity index (χ1v) is 5.86. The molecule has 1 N–H and O–H groups in total. The van der Waals surface area contributed by atoms with E-state index in [9.17, 15) is 13.2 Å². The Bertz CT molecular complexity index is 336. The Hall–Kier alpha value is -0.820. The number of nitrogens with zero attached hydrogens (tertiary/aromatic N) is 2. The van der Waals surface area contributed by atoms with Gasteiger partial charge in [0.25, 0.3) is 0 Å². The summed E-state index contributed by atoms with van der Waals surface area (Å²) >= 11 is 0. The lowest BCUT2D eigenvalue weighted by atomic mass is 10.4. The maximum Gasteiger partial charge on any atom is 0.347 e. The van der Waals surface area contributed by atoms with Crippen LogP contribution in [-0.4, -0.2) is 36.0 Å². The quantitative estimate of drug-likeness (QED) is 0.728. The van der Waals surface area contributed by atoms with Crippen molar-refractivity contribution in [3.05, 3.63) is 0 Å². The normalized spacial score (nSPS) is 22.1. The van der Waals surface area contributed by atoms with Gasteiger partial charge in [-0.1, -0.05) is 4.41 Å². The number of hydrogen-bond donors (Lipinski definition) is 1. The van der Waals surface area contributed by atoms with E-state index in [1.54, 1.807) is 27.7 Å². The van der Waals surface area contributed by atoms with Crippen LogP contribution in [0.25, 0.3) is 0 Å². The van der Waals surface area contributed by atoms with Gasteiger partial charge < -0.3 is 0 Å². The monoisotopic (exact) mass is 221 g/mol. The molecule has 1 heterocycles. The summed E-state index contributed by atoms with van der Waals surface area (Å²) < 4.78 is 26.0. The first kappa shape index (κ1) is 11.3. The summed E-state index contributed by atoms with van der Waals surface area (Å²) in [5, 5.41) is 1.21. The van der Waals surface area contributed by atoms with Crippen molar-refractivity contribution in [2.45, 2.75) is 39.8 Å². The van der Waals surface area contributed by atoms with Crippen LogP contribution in [-0.2, 0) is 10.2 Å². The minimum Gasteiger partial charge on any atom is -0.246 e. The zero-order valence-electron chi connectivity index (χ0n) is 8.68. The highest BCUT2D eigenvalue weighted by Gasteiger charge is 2.44. The predicted molar refractivity (Wildman–Crippen MR) is 51.4 cm³/mol. The molecule has 1 rings (SSSR count). The van der Waals surface area contributed by atoms with Gasteiger partial charge in [0, 0.05) is 12.1 Å². The summed E-state index contributed by atoms with van der Waals surface area (Å²) in [6.07, 6.45) is 0. The topological polar surface area (TPSA) is 69.7 Å². The Labute approximate surface area is 84.0 Å². The summed E-state index contributed by atoms with van der Waals surface area (Å²) in [6.45, 7) is 6.95. The largest absolute Gasteiger partial charge is 0.347 e. The van der Waals surface area contributed by atoms with E-state index in [-0.39, 0.29) is 12.1 Å². The molecule has 1 fully saturated rings. The second-order valence-electron chi connectivity index (χ2n) is 3.72. The molecular formula is C7H15N3O3S. The summed E-state index contributed by atoms with van der Waals surface area (Å²) in [7, 11) is -3.67. The third-order valence-electron chi connectivity index (χ3n) is 1.81. The Morgan fingerprint density at radius 3 is 1.93 bits per heavy atom.